The molecule has 1 rings (SSSR count). The lowest BCUT2D eigenvalue weighted by molar-refractivity contribution is -0.141. The molecule has 0 aliphatic carbocycles. The van der Waals surface area contributed by atoms with Gasteiger partial charge < -0.3 is 15.2 Å². The van der Waals surface area contributed by atoms with Crippen LogP contribution in [-0.2, 0) is 16.0 Å². The topological polar surface area (TPSA) is 75.6 Å². The summed E-state index contributed by atoms with van der Waals surface area (Å²) in [6, 6.07) is 6.29. The van der Waals surface area contributed by atoms with Crippen LogP contribution in [-0.4, -0.2) is 42.1 Å². The number of hydrogen-bond acceptors (Lipinski definition) is 4. The average molecular weight is 297 g/mol. The molecule has 0 saturated heterocycles. The van der Waals surface area contributed by atoms with Gasteiger partial charge >= 0.3 is 5.97 Å². The average Bonchev–Trinajstić information content (AvgIpc) is 2.44. The number of amides is 1. The predicted octanol–water partition coefficient (Wildman–Crippen LogP) is 1.56. The van der Waals surface area contributed by atoms with Crippen LogP contribution in [0.25, 0.3) is 0 Å². The molecule has 110 valence electrons. The molecular formula is C14H19NO4S. The predicted molar refractivity (Wildman–Crippen MR) is 79.3 cm³/mol. The summed E-state index contributed by atoms with van der Waals surface area (Å²) in [7, 11) is 1.57. The molecule has 0 heterocycles. The van der Waals surface area contributed by atoms with Crippen molar-refractivity contribution in [1.29, 1.82) is 0 Å². The molecule has 0 radical (unpaired) electrons. The van der Waals surface area contributed by atoms with Crippen molar-refractivity contribution in [2.75, 3.05) is 19.1 Å². The van der Waals surface area contributed by atoms with Crippen molar-refractivity contribution < 1.29 is 19.4 Å². The molecule has 0 unspecified atom stereocenters. The number of rotatable bonds is 8. The van der Waals surface area contributed by atoms with Gasteiger partial charge in [-0.1, -0.05) is 12.1 Å². The van der Waals surface area contributed by atoms with Gasteiger partial charge in [-0.3, -0.25) is 4.79 Å². The Hall–Kier alpha value is -1.69. The molecule has 1 aromatic carbocycles. The van der Waals surface area contributed by atoms with Crippen molar-refractivity contribution in [3.05, 3.63) is 29.8 Å². The van der Waals surface area contributed by atoms with Gasteiger partial charge in [0.15, 0.2) is 0 Å². The Labute approximate surface area is 122 Å². The first-order valence-electron chi connectivity index (χ1n) is 6.21. The summed E-state index contributed by atoms with van der Waals surface area (Å²) < 4.78 is 5.03. The number of carbonyl (C=O) groups is 2. The largest absolute Gasteiger partial charge is 0.497 e. The first-order chi connectivity index (χ1) is 9.56. The van der Waals surface area contributed by atoms with E-state index in [2.05, 4.69) is 5.32 Å². The van der Waals surface area contributed by atoms with Crippen LogP contribution in [0, 0.1) is 0 Å². The number of hydrogen-bond donors (Lipinski definition) is 2. The van der Waals surface area contributed by atoms with E-state index in [0.29, 0.717) is 12.2 Å². The number of benzene rings is 1. The lowest BCUT2D eigenvalue weighted by Crippen LogP contribution is -2.41. The molecule has 1 amide bonds. The summed E-state index contributed by atoms with van der Waals surface area (Å²) in [5, 5.41) is 11.6. The van der Waals surface area contributed by atoms with Crippen molar-refractivity contribution in [2.45, 2.75) is 18.9 Å². The Morgan fingerprint density at radius 3 is 2.50 bits per heavy atom. The summed E-state index contributed by atoms with van der Waals surface area (Å²) in [4.78, 5) is 22.9. The van der Waals surface area contributed by atoms with E-state index in [1.807, 2.05) is 6.26 Å². The fourth-order valence-electron chi connectivity index (χ4n) is 1.67. The summed E-state index contributed by atoms with van der Waals surface area (Å²) in [5.41, 5.74) is 0.817. The first kappa shape index (κ1) is 16.4. The molecule has 5 nitrogen and oxygen atoms in total. The number of methoxy groups -OCH3 is 1. The van der Waals surface area contributed by atoms with Gasteiger partial charge in [-0.25, -0.2) is 4.79 Å². The van der Waals surface area contributed by atoms with E-state index < -0.39 is 12.0 Å². The number of carboxylic acid groups (broad SMARTS) is 1. The van der Waals surface area contributed by atoms with Gasteiger partial charge in [-0.05, 0) is 36.1 Å². The summed E-state index contributed by atoms with van der Waals surface area (Å²) in [6.07, 6.45) is 2.48. The lowest BCUT2D eigenvalue weighted by atomic mass is 10.1. The van der Waals surface area contributed by atoms with Crippen molar-refractivity contribution in [3.8, 4) is 5.75 Å². The summed E-state index contributed by atoms with van der Waals surface area (Å²) >= 11 is 1.55. The Balaban J connectivity index is 2.53. The van der Waals surface area contributed by atoms with Gasteiger partial charge in [-0.15, -0.1) is 0 Å². The number of aliphatic carboxylic acids is 1. The molecule has 0 aliphatic heterocycles. The van der Waals surface area contributed by atoms with E-state index in [1.165, 1.54) is 0 Å². The highest BCUT2D eigenvalue weighted by molar-refractivity contribution is 7.98. The highest BCUT2D eigenvalue weighted by Gasteiger charge is 2.19. The van der Waals surface area contributed by atoms with Crippen LogP contribution in [0.2, 0.25) is 0 Å². The van der Waals surface area contributed by atoms with Gasteiger partial charge in [0, 0.05) is 0 Å². The molecule has 6 heteroatoms. The molecular weight excluding hydrogens is 278 g/mol. The Kier molecular flexibility index (Phi) is 6.93. The van der Waals surface area contributed by atoms with E-state index in [4.69, 9.17) is 9.84 Å². The molecule has 1 aromatic rings. The minimum atomic E-state index is -0.998. The van der Waals surface area contributed by atoms with Crippen LogP contribution in [0.15, 0.2) is 24.3 Å². The van der Waals surface area contributed by atoms with Crippen molar-refractivity contribution >= 4 is 23.6 Å². The van der Waals surface area contributed by atoms with Crippen molar-refractivity contribution in [3.63, 3.8) is 0 Å². The number of carboxylic acids is 1. The van der Waals surface area contributed by atoms with E-state index in [9.17, 15) is 9.59 Å². The van der Waals surface area contributed by atoms with Gasteiger partial charge in [0.2, 0.25) is 5.91 Å². The molecule has 0 saturated carbocycles. The zero-order chi connectivity index (χ0) is 15.0. The minimum absolute atomic E-state index is 0.160. The maximum absolute atomic E-state index is 11.8. The molecule has 0 bridgehead atoms. The van der Waals surface area contributed by atoms with Gasteiger partial charge in [-0.2, -0.15) is 11.8 Å². The van der Waals surface area contributed by atoms with E-state index >= 15 is 0 Å². The standard InChI is InChI=1S/C14H19NO4S/c1-19-11-5-3-10(4-6-11)9-13(16)15-12(14(17)18)7-8-20-2/h3-6,12H,7-9H2,1-2H3,(H,15,16)(H,17,18)/t12-/m0/s1. The maximum atomic E-state index is 11.8. The molecule has 0 spiro atoms. The van der Waals surface area contributed by atoms with Crippen LogP contribution in [0.1, 0.15) is 12.0 Å². The van der Waals surface area contributed by atoms with Crippen LogP contribution >= 0.6 is 11.8 Å². The minimum Gasteiger partial charge on any atom is -0.497 e. The number of thioether (sulfide) groups is 1. The SMILES string of the molecule is COc1ccc(CC(=O)N[C@@H](CCSC)C(=O)O)cc1. The first-order valence-corrected chi connectivity index (χ1v) is 7.60. The third-order valence-electron chi connectivity index (χ3n) is 2.77. The van der Waals surface area contributed by atoms with Crippen LogP contribution < -0.4 is 10.1 Å². The molecule has 0 aromatic heterocycles. The molecule has 20 heavy (non-hydrogen) atoms. The van der Waals surface area contributed by atoms with Gasteiger partial charge in [0.05, 0.1) is 13.5 Å². The Bertz CT molecular complexity index is 447. The van der Waals surface area contributed by atoms with Crippen LogP contribution in [0.3, 0.4) is 0 Å². The third kappa shape index (κ3) is 5.52. The number of carbonyl (C=O) groups excluding carboxylic acids is 1. The quantitative estimate of drug-likeness (QED) is 0.761. The van der Waals surface area contributed by atoms with Gasteiger partial charge in [0.1, 0.15) is 11.8 Å². The Morgan fingerprint density at radius 1 is 1.35 bits per heavy atom. The second kappa shape index (κ2) is 8.47. The lowest BCUT2D eigenvalue weighted by Gasteiger charge is -2.14. The number of nitrogens with one attached hydrogen (secondary N) is 1. The molecule has 2 N–H and O–H groups in total. The third-order valence-corrected chi connectivity index (χ3v) is 3.41. The molecule has 0 fully saturated rings. The second-order valence-electron chi connectivity index (χ2n) is 4.26. The zero-order valence-electron chi connectivity index (χ0n) is 11.6. The van der Waals surface area contributed by atoms with E-state index in [-0.39, 0.29) is 12.3 Å². The molecule has 0 aliphatic rings. The van der Waals surface area contributed by atoms with E-state index in [0.717, 1.165) is 11.3 Å². The fraction of sp³-hybridized carbons (Fsp3) is 0.429. The zero-order valence-corrected chi connectivity index (χ0v) is 12.4. The summed E-state index contributed by atoms with van der Waals surface area (Å²) in [6.45, 7) is 0. The maximum Gasteiger partial charge on any atom is 0.326 e. The van der Waals surface area contributed by atoms with Gasteiger partial charge in [0.25, 0.3) is 0 Å². The van der Waals surface area contributed by atoms with Crippen molar-refractivity contribution in [1.82, 2.24) is 5.32 Å². The summed E-state index contributed by atoms with van der Waals surface area (Å²) in [5.74, 6) is 0.128. The highest BCUT2D eigenvalue weighted by atomic mass is 32.2. The van der Waals surface area contributed by atoms with Crippen LogP contribution in [0.5, 0.6) is 5.75 Å². The van der Waals surface area contributed by atoms with Crippen molar-refractivity contribution in [2.24, 2.45) is 0 Å². The normalized spacial score (nSPS) is 11.7. The fourth-order valence-corrected chi connectivity index (χ4v) is 2.14. The smallest absolute Gasteiger partial charge is 0.326 e. The number of ether oxygens (including phenoxy) is 1. The van der Waals surface area contributed by atoms with Crippen LogP contribution in [0.4, 0.5) is 0 Å². The molecule has 1 atom stereocenters. The monoisotopic (exact) mass is 297 g/mol. The second-order valence-corrected chi connectivity index (χ2v) is 5.25. The van der Waals surface area contributed by atoms with E-state index in [1.54, 1.807) is 43.1 Å². The Morgan fingerprint density at radius 2 is 2.00 bits per heavy atom. The highest BCUT2D eigenvalue weighted by Crippen LogP contribution is 2.11.